The average Bonchev–Trinajstić information content (AvgIpc) is 2.90. The summed E-state index contributed by atoms with van der Waals surface area (Å²) in [6, 6.07) is 7.32. The largest absolute Gasteiger partial charge is 0.501 e. The number of ether oxygens (including phenoxy) is 1. The van der Waals surface area contributed by atoms with E-state index < -0.39 is 34.8 Å². The molecule has 0 radical (unpaired) electrons. The standard InChI is InChI=1S/C25H27FN6O5/c1-29-8-10-30(11-9-29)18-13-19(31-7-2-12-37-25(31)36)22-28-20(21(33)24(35)32(22)15-18)23(34)27-14-16-3-5-17(26)6-4-16/h3-6,13,15,33H,2,7-12,14H2,1H3,(H,27,34). The second-order valence-corrected chi connectivity index (χ2v) is 9.11. The van der Waals surface area contributed by atoms with Crippen LogP contribution in [-0.2, 0) is 11.3 Å². The zero-order valence-corrected chi connectivity index (χ0v) is 20.3. The third kappa shape index (κ3) is 4.92. The van der Waals surface area contributed by atoms with Crippen LogP contribution in [0.5, 0.6) is 5.75 Å². The normalized spacial score (nSPS) is 16.6. The fraction of sp³-hybridized carbons (Fsp3) is 0.360. The molecule has 2 aromatic heterocycles. The van der Waals surface area contributed by atoms with Crippen molar-refractivity contribution in [2.75, 3.05) is 56.2 Å². The number of benzene rings is 1. The Morgan fingerprint density at radius 1 is 1.14 bits per heavy atom. The maximum absolute atomic E-state index is 13.3. The summed E-state index contributed by atoms with van der Waals surface area (Å²) in [5, 5.41) is 13.2. The van der Waals surface area contributed by atoms with E-state index in [1.54, 1.807) is 12.3 Å². The Labute approximate surface area is 211 Å². The molecule has 2 aliphatic heterocycles. The molecule has 2 N–H and O–H groups in total. The summed E-state index contributed by atoms with van der Waals surface area (Å²) in [7, 11) is 2.03. The number of cyclic esters (lactones) is 1. The van der Waals surface area contributed by atoms with Gasteiger partial charge in [-0.05, 0) is 37.2 Å². The van der Waals surface area contributed by atoms with Crippen LogP contribution in [0.3, 0.4) is 0 Å². The summed E-state index contributed by atoms with van der Waals surface area (Å²) < 4.78 is 19.6. The third-order valence-electron chi connectivity index (χ3n) is 6.58. The van der Waals surface area contributed by atoms with Crippen LogP contribution in [0.1, 0.15) is 22.5 Å². The highest BCUT2D eigenvalue weighted by Crippen LogP contribution is 2.30. The van der Waals surface area contributed by atoms with E-state index in [1.165, 1.54) is 29.2 Å². The number of carbonyl (C=O) groups excluding carboxylic acids is 2. The van der Waals surface area contributed by atoms with E-state index in [1.807, 2.05) is 7.05 Å². The number of fused-ring (bicyclic) bond motifs is 1. The minimum atomic E-state index is -0.834. The minimum Gasteiger partial charge on any atom is -0.501 e. The van der Waals surface area contributed by atoms with Crippen molar-refractivity contribution in [1.29, 1.82) is 0 Å². The van der Waals surface area contributed by atoms with Crippen LogP contribution in [0, 0.1) is 5.82 Å². The molecule has 2 aliphatic rings. The van der Waals surface area contributed by atoms with Crippen LogP contribution in [0.2, 0.25) is 0 Å². The van der Waals surface area contributed by atoms with Gasteiger partial charge in [0, 0.05) is 45.5 Å². The molecule has 2 amide bonds. The molecule has 0 unspecified atom stereocenters. The van der Waals surface area contributed by atoms with Crippen LogP contribution in [-0.4, -0.2) is 77.8 Å². The molecule has 194 valence electrons. The van der Waals surface area contributed by atoms with E-state index in [2.05, 4.69) is 20.1 Å². The number of pyridine rings is 1. The zero-order chi connectivity index (χ0) is 26.1. The van der Waals surface area contributed by atoms with Gasteiger partial charge in [-0.2, -0.15) is 0 Å². The van der Waals surface area contributed by atoms with Crippen LogP contribution < -0.4 is 20.7 Å². The summed E-state index contributed by atoms with van der Waals surface area (Å²) in [5.41, 5.74) is 0.369. The maximum atomic E-state index is 13.3. The Hall–Kier alpha value is -4.19. The summed E-state index contributed by atoms with van der Waals surface area (Å²) in [6.07, 6.45) is 1.58. The minimum absolute atomic E-state index is 0.0350. The fourth-order valence-electron chi connectivity index (χ4n) is 4.43. The molecule has 5 rings (SSSR count). The highest BCUT2D eigenvalue weighted by atomic mass is 19.1. The van der Waals surface area contributed by atoms with Gasteiger partial charge in [0.15, 0.2) is 11.3 Å². The Kier molecular flexibility index (Phi) is 6.66. The van der Waals surface area contributed by atoms with Gasteiger partial charge in [0.25, 0.3) is 5.91 Å². The molecule has 4 heterocycles. The van der Waals surface area contributed by atoms with E-state index in [0.29, 0.717) is 43.0 Å². The van der Waals surface area contributed by atoms with E-state index >= 15 is 0 Å². The van der Waals surface area contributed by atoms with E-state index in [4.69, 9.17) is 4.74 Å². The van der Waals surface area contributed by atoms with Gasteiger partial charge >= 0.3 is 11.7 Å². The molecule has 0 atom stereocenters. The van der Waals surface area contributed by atoms with Crippen LogP contribution >= 0.6 is 0 Å². The number of nitrogens with one attached hydrogen (secondary N) is 1. The molecular weight excluding hydrogens is 483 g/mol. The topological polar surface area (TPSA) is 120 Å². The lowest BCUT2D eigenvalue weighted by atomic mass is 10.2. The van der Waals surface area contributed by atoms with Crippen molar-refractivity contribution in [3.8, 4) is 5.75 Å². The molecule has 0 saturated carbocycles. The molecule has 12 heteroatoms. The van der Waals surface area contributed by atoms with Gasteiger partial charge in [0.2, 0.25) is 5.75 Å². The lowest BCUT2D eigenvalue weighted by molar-refractivity contribution is 0.0942. The van der Waals surface area contributed by atoms with E-state index in [-0.39, 0.29) is 18.8 Å². The van der Waals surface area contributed by atoms with Gasteiger partial charge in [0.1, 0.15) is 5.82 Å². The number of hydrogen-bond donors (Lipinski definition) is 2. The Balaban J connectivity index is 1.56. The number of likely N-dealkylation sites (N-methyl/N-ethyl adjacent to an activating group) is 1. The molecule has 37 heavy (non-hydrogen) atoms. The monoisotopic (exact) mass is 510 g/mol. The predicted octanol–water partition coefficient (Wildman–Crippen LogP) is 1.57. The van der Waals surface area contributed by atoms with Crippen molar-refractivity contribution < 1.29 is 23.8 Å². The van der Waals surface area contributed by atoms with Crippen molar-refractivity contribution in [3.05, 3.63) is 64.0 Å². The van der Waals surface area contributed by atoms with E-state index in [9.17, 15) is 23.9 Å². The van der Waals surface area contributed by atoms with Crippen molar-refractivity contribution in [1.82, 2.24) is 19.6 Å². The van der Waals surface area contributed by atoms with Gasteiger partial charge in [-0.25, -0.2) is 14.2 Å². The number of aromatic nitrogens is 2. The van der Waals surface area contributed by atoms with Gasteiger partial charge in [-0.3, -0.25) is 18.9 Å². The average molecular weight is 511 g/mol. The predicted molar refractivity (Wildman–Crippen MR) is 134 cm³/mol. The summed E-state index contributed by atoms with van der Waals surface area (Å²) >= 11 is 0. The molecule has 11 nitrogen and oxygen atoms in total. The van der Waals surface area contributed by atoms with Crippen LogP contribution in [0.4, 0.5) is 20.6 Å². The number of piperazine rings is 1. The molecular formula is C25H27FN6O5. The van der Waals surface area contributed by atoms with Crippen molar-refractivity contribution in [3.63, 3.8) is 0 Å². The Morgan fingerprint density at radius 2 is 1.86 bits per heavy atom. The number of nitrogens with zero attached hydrogens (tertiary/aromatic N) is 5. The lowest BCUT2D eigenvalue weighted by Crippen LogP contribution is -2.45. The highest BCUT2D eigenvalue weighted by Gasteiger charge is 2.28. The second-order valence-electron chi connectivity index (χ2n) is 9.11. The lowest BCUT2D eigenvalue weighted by Gasteiger charge is -2.35. The summed E-state index contributed by atoms with van der Waals surface area (Å²) in [6.45, 7) is 3.75. The molecule has 0 aliphatic carbocycles. The fourth-order valence-corrected chi connectivity index (χ4v) is 4.43. The highest BCUT2D eigenvalue weighted by molar-refractivity contribution is 5.97. The smallest absolute Gasteiger partial charge is 0.414 e. The molecule has 0 bridgehead atoms. The Bertz CT molecular complexity index is 1400. The number of amides is 2. The van der Waals surface area contributed by atoms with E-state index in [0.717, 1.165) is 17.5 Å². The number of anilines is 2. The number of halogens is 1. The SMILES string of the molecule is CN1CCN(c2cc(N3CCCOC3=O)c3nc(C(=O)NCc4ccc(F)cc4)c(O)c(=O)n3c2)CC1. The van der Waals surface area contributed by atoms with Crippen LogP contribution in [0.25, 0.3) is 5.65 Å². The van der Waals surface area contributed by atoms with Crippen molar-refractivity contribution in [2.24, 2.45) is 0 Å². The number of rotatable bonds is 5. The maximum Gasteiger partial charge on any atom is 0.414 e. The first-order chi connectivity index (χ1) is 17.8. The second kappa shape index (κ2) is 10.1. The Morgan fingerprint density at radius 3 is 2.57 bits per heavy atom. The van der Waals surface area contributed by atoms with Gasteiger partial charge in [0.05, 0.1) is 18.0 Å². The number of aromatic hydroxyl groups is 1. The third-order valence-corrected chi connectivity index (χ3v) is 6.58. The molecule has 1 aromatic carbocycles. The molecule has 0 spiro atoms. The first-order valence-corrected chi connectivity index (χ1v) is 12.0. The first kappa shape index (κ1) is 24.5. The molecule has 3 aromatic rings. The van der Waals surface area contributed by atoms with Crippen molar-refractivity contribution in [2.45, 2.75) is 13.0 Å². The van der Waals surface area contributed by atoms with Gasteiger partial charge in [-0.15, -0.1) is 0 Å². The number of carbonyl (C=O) groups is 2. The summed E-state index contributed by atoms with van der Waals surface area (Å²) in [5.74, 6) is -2.00. The van der Waals surface area contributed by atoms with Gasteiger partial charge in [-0.1, -0.05) is 12.1 Å². The summed E-state index contributed by atoms with van der Waals surface area (Å²) in [4.78, 5) is 48.8. The quantitative estimate of drug-likeness (QED) is 0.531. The molecule has 2 fully saturated rings. The van der Waals surface area contributed by atoms with Crippen molar-refractivity contribution >= 4 is 29.0 Å². The van der Waals surface area contributed by atoms with Crippen LogP contribution in [0.15, 0.2) is 41.3 Å². The molecule has 2 saturated heterocycles. The van der Waals surface area contributed by atoms with Gasteiger partial charge < -0.3 is 25.0 Å². The number of hydrogen-bond acceptors (Lipinski definition) is 8. The first-order valence-electron chi connectivity index (χ1n) is 12.0. The zero-order valence-electron chi connectivity index (χ0n) is 20.3.